The van der Waals surface area contributed by atoms with Crippen molar-refractivity contribution in [3.63, 3.8) is 0 Å². The second kappa shape index (κ2) is 7.60. The van der Waals surface area contributed by atoms with E-state index in [0.29, 0.717) is 37.6 Å². The first kappa shape index (κ1) is 19.0. The minimum Gasteiger partial charge on any atom is -0.352 e. The maximum atomic E-state index is 12.7. The van der Waals surface area contributed by atoms with E-state index in [-0.39, 0.29) is 10.8 Å². The summed E-state index contributed by atoms with van der Waals surface area (Å²) in [6.07, 6.45) is 5.13. The number of nitrogens with zero attached hydrogens (tertiary/aromatic N) is 6. The van der Waals surface area contributed by atoms with E-state index in [9.17, 15) is 13.2 Å². The van der Waals surface area contributed by atoms with Gasteiger partial charge in [-0.2, -0.15) is 0 Å². The lowest BCUT2D eigenvalue weighted by Gasteiger charge is -2.35. The van der Waals surface area contributed by atoms with Crippen LogP contribution >= 0.6 is 0 Å². The minimum atomic E-state index is -3.78. The van der Waals surface area contributed by atoms with E-state index in [1.54, 1.807) is 28.2 Å². The monoisotopic (exact) mass is 413 g/mol. The highest BCUT2D eigenvalue weighted by Gasteiger charge is 2.23. The molecular formula is C18H19N7O3S. The lowest BCUT2D eigenvalue weighted by atomic mass is 10.2. The predicted molar refractivity (Wildman–Crippen MR) is 105 cm³/mol. The third-order valence-electron chi connectivity index (χ3n) is 4.73. The average Bonchev–Trinajstić information content (AvgIpc) is 3.28. The molecule has 0 atom stereocenters. The van der Waals surface area contributed by atoms with Crippen LogP contribution in [-0.2, 0) is 10.0 Å². The normalized spacial score (nSPS) is 14.8. The summed E-state index contributed by atoms with van der Waals surface area (Å²) in [6.45, 7) is 2.31. The number of anilines is 1. The molecule has 1 saturated heterocycles. The topological polar surface area (TPSA) is 127 Å². The first-order chi connectivity index (χ1) is 13.9. The van der Waals surface area contributed by atoms with Gasteiger partial charge in [0, 0.05) is 44.1 Å². The van der Waals surface area contributed by atoms with E-state index in [4.69, 9.17) is 5.14 Å². The van der Waals surface area contributed by atoms with Crippen LogP contribution in [0.25, 0.3) is 5.82 Å². The summed E-state index contributed by atoms with van der Waals surface area (Å²) in [4.78, 5) is 20.4. The summed E-state index contributed by atoms with van der Waals surface area (Å²) in [5, 5.41) is 13.6. The number of hydrogen-bond acceptors (Lipinski definition) is 7. The molecule has 0 radical (unpaired) electrons. The SMILES string of the molecule is NS(=O)(=O)c1ccc(C(=O)N2CCN(c3ccc(-n4ccnc4)nn3)CC2)cc1. The number of nitrogens with two attached hydrogens (primary N) is 1. The van der Waals surface area contributed by atoms with E-state index in [1.165, 1.54) is 24.3 Å². The number of rotatable bonds is 4. The van der Waals surface area contributed by atoms with Crippen LogP contribution in [0.3, 0.4) is 0 Å². The maximum Gasteiger partial charge on any atom is 0.253 e. The third-order valence-corrected chi connectivity index (χ3v) is 5.66. The second-order valence-electron chi connectivity index (χ2n) is 6.57. The van der Waals surface area contributed by atoms with Crippen molar-refractivity contribution >= 4 is 21.7 Å². The fourth-order valence-corrected chi connectivity index (χ4v) is 3.64. The number of sulfonamides is 1. The minimum absolute atomic E-state index is 0.0171. The number of imidazole rings is 1. The van der Waals surface area contributed by atoms with Gasteiger partial charge >= 0.3 is 0 Å². The standard InChI is InChI=1S/C18H19N7O3S/c19-29(27,28)15-3-1-14(2-4-15)18(26)24-11-9-23(10-12-24)16-5-6-17(22-21-16)25-8-7-20-13-25/h1-8,13H,9-12H2,(H2,19,27,28). The van der Waals surface area contributed by atoms with E-state index < -0.39 is 10.0 Å². The lowest BCUT2D eigenvalue weighted by Crippen LogP contribution is -2.49. The van der Waals surface area contributed by atoms with Gasteiger partial charge < -0.3 is 9.80 Å². The van der Waals surface area contributed by atoms with Crippen LogP contribution in [0.4, 0.5) is 5.82 Å². The zero-order chi connectivity index (χ0) is 20.4. The zero-order valence-electron chi connectivity index (χ0n) is 15.4. The van der Waals surface area contributed by atoms with Crippen LogP contribution in [0.2, 0.25) is 0 Å². The van der Waals surface area contributed by atoms with Crippen LogP contribution in [0, 0.1) is 0 Å². The summed E-state index contributed by atoms with van der Waals surface area (Å²) in [5.74, 6) is 1.29. The highest BCUT2D eigenvalue weighted by Crippen LogP contribution is 2.16. The molecule has 29 heavy (non-hydrogen) atoms. The van der Waals surface area contributed by atoms with Crippen molar-refractivity contribution in [2.75, 3.05) is 31.1 Å². The van der Waals surface area contributed by atoms with Crippen molar-refractivity contribution in [1.29, 1.82) is 0 Å². The Kier molecular flexibility index (Phi) is 4.99. The van der Waals surface area contributed by atoms with Crippen molar-refractivity contribution in [2.45, 2.75) is 4.90 Å². The van der Waals surface area contributed by atoms with Crippen LogP contribution < -0.4 is 10.0 Å². The molecule has 0 bridgehead atoms. The summed E-state index contributed by atoms with van der Waals surface area (Å²) >= 11 is 0. The molecule has 150 valence electrons. The van der Waals surface area contributed by atoms with Gasteiger partial charge in [-0.3, -0.25) is 9.36 Å². The molecule has 0 saturated carbocycles. The van der Waals surface area contributed by atoms with Crippen molar-refractivity contribution in [1.82, 2.24) is 24.6 Å². The molecule has 3 aromatic rings. The van der Waals surface area contributed by atoms with Gasteiger partial charge in [-0.15, -0.1) is 10.2 Å². The predicted octanol–water partition coefficient (Wildman–Crippen LogP) is 0.272. The number of amides is 1. The van der Waals surface area contributed by atoms with Gasteiger partial charge in [0.05, 0.1) is 4.90 Å². The van der Waals surface area contributed by atoms with E-state index in [2.05, 4.69) is 20.1 Å². The third kappa shape index (κ3) is 4.10. The Labute approximate surface area is 167 Å². The molecular weight excluding hydrogens is 394 g/mol. The number of piperazine rings is 1. The average molecular weight is 413 g/mol. The molecule has 1 aromatic carbocycles. The van der Waals surface area contributed by atoms with Gasteiger partial charge in [-0.1, -0.05) is 0 Å². The Morgan fingerprint density at radius 3 is 2.14 bits per heavy atom. The van der Waals surface area contributed by atoms with Crippen molar-refractivity contribution < 1.29 is 13.2 Å². The Hall–Kier alpha value is -3.31. The fourth-order valence-electron chi connectivity index (χ4n) is 3.13. The number of hydrogen-bond donors (Lipinski definition) is 1. The zero-order valence-corrected chi connectivity index (χ0v) is 16.2. The number of aromatic nitrogens is 4. The maximum absolute atomic E-state index is 12.7. The fraction of sp³-hybridized carbons (Fsp3) is 0.222. The van der Waals surface area contributed by atoms with Gasteiger partial charge in [0.1, 0.15) is 6.33 Å². The van der Waals surface area contributed by atoms with Crippen LogP contribution in [0.1, 0.15) is 10.4 Å². The summed E-state index contributed by atoms with van der Waals surface area (Å²) < 4.78 is 24.4. The Bertz CT molecular complexity index is 1090. The summed E-state index contributed by atoms with van der Waals surface area (Å²) in [6, 6.07) is 9.41. The van der Waals surface area contributed by atoms with Crippen LogP contribution in [-0.4, -0.2) is 65.2 Å². The first-order valence-electron chi connectivity index (χ1n) is 8.91. The van der Waals surface area contributed by atoms with E-state index in [0.717, 1.165) is 5.82 Å². The summed E-state index contributed by atoms with van der Waals surface area (Å²) in [5.41, 5.74) is 0.426. The van der Waals surface area contributed by atoms with E-state index in [1.807, 2.05) is 12.1 Å². The van der Waals surface area contributed by atoms with Crippen LogP contribution in [0.15, 0.2) is 60.0 Å². The van der Waals surface area contributed by atoms with Crippen molar-refractivity contribution in [3.8, 4) is 5.82 Å². The molecule has 2 aromatic heterocycles. The molecule has 10 nitrogen and oxygen atoms in total. The highest BCUT2D eigenvalue weighted by atomic mass is 32.2. The van der Waals surface area contributed by atoms with Crippen molar-refractivity contribution in [3.05, 3.63) is 60.7 Å². The lowest BCUT2D eigenvalue weighted by molar-refractivity contribution is 0.0746. The van der Waals surface area contributed by atoms with Gasteiger partial charge in [0.15, 0.2) is 11.6 Å². The smallest absolute Gasteiger partial charge is 0.253 e. The molecule has 3 heterocycles. The Morgan fingerprint density at radius 2 is 1.59 bits per heavy atom. The van der Waals surface area contributed by atoms with Gasteiger partial charge in [-0.05, 0) is 36.4 Å². The quantitative estimate of drug-likeness (QED) is 0.650. The molecule has 0 spiro atoms. The molecule has 1 fully saturated rings. The number of carbonyl (C=O) groups is 1. The van der Waals surface area contributed by atoms with Gasteiger partial charge in [-0.25, -0.2) is 18.5 Å². The molecule has 1 aliphatic heterocycles. The first-order valence-corrected chi connectivity index (χ1v) is 10.5. The number of benzene rings is 1. The molecule has 1 amide bonds. The molecule has 0 aliphatic carbocycles. The molecule has 0 unspecified atom stereocenters. The van der Waals surface area contributed by atoms with Crippen LogP contribution in [0.5, 0.6) is 0 Å². The Balaban J connectivity index is 1.38. The van der Waals surface area contributed by atoms with Crippen molar-refractivity contribution in [2.24, 2.45) is 5.14 Å². The Morgan fingerprint density at radius 1 is 0.931 bits per heavy atom. The highest BCUT2D eigenvalue weighted by molar-refractivity contribution is 7.89. The van der Waals surface area contributed by atoms with Gasteiger partial charge in [0.25, 0.3) is 5.91 Å². The molecule has 11 heteroatoms. The van der Waals surface area contributed by atoms with E-state index >= 15 is 0 Å². The molecule has 4 rings (SSSR count). The molecule has 1 aliphatic rings. The molecule has 2 N–H and O–H groups in total. The summed E-state index contributed by atoms with van der Waals surface area (Å²) in [7, 11) is -3.78. The number of carbonyl (C=O) groups excluding carboxylic acids is 1. The number of primary sulfonamides is 1. The van der Waals surface area contributed by atoms with Gasteiger partial charge in [0.2, 0.25) is 10.0 Å². The largest absolute Gasteiger partial charge is 0.352 e. The second-order valence-corrected chi connectivity index (χ2v) is 8.13.